The summed E-state index contributed by atoms with van der Waals surface area (Å²) in [6.07, 6.45) is 3.57. The van der Waals surface area contributed by atoms with Gasteiger partial charge in [-0.05, 0) is 51.3 Å². The van der Waals surface area contributed by atoms with Crippen LogP contribution in [-0.4, -0.2) is 28.1 Å². The van der Waals surface area contributed by atoms with Crippen LogP contribution in [-0.2, 0) is 4.74 Å². The second-order valence-electron chi connectivity index (χ2n) is 6.90. The standard InChI is InChI=1S/C18H21BrN2O2S/c1-18(2,3)23-17(22)21-10-4-5-14(21)16-20-11-15(24-16)12-6-8-13(19)9-7-12/h6-9,11,14H,4-5,10H2,1-3H3/t14-/m1/s1. The van der Waals surface area contributed by atoms with Crippen molar-refractivity contribution in [3.05, 3.63) is 39.9 Å². The van der Waals surface area contributed by atoms with Gasteiger partial charge in [0.05, 0.1) is 10.9 Å². The molecular formula is C18H21BrN2O2S. The fraction of sp³-hybridized carbons (Fsp3) is 0.444. The molecule has 1 aromatic carbocycles. The molecule has 3 rings (SSSR count). The smallest absolute Gasteiger partial charge is 0.410 e. The Bertz CT molecular complexity index is 721. The third-order valence-corrected chi connectivity index (χ3v) is 5.49. The summed E-state index contributed by atoms with van der Waals surface area (Å²) >= 11 is 5.11. The molecule has 1 saturated heterocycles. The van der Waals surface area contributed by atoms with E-state index >= 15 is 0 Å². The first-order chi connectivity index (χ1) is 11.3. The molecule has 0 radical (unpaired) electrons. The number of ether oxygens (including phenoxy) is 1. The molecule has 2 aromatic rings. The van der Waals surface area contributed by atoms with Crippen LogP contribution in [0.25, 0.3) is 10.4 Å². The summed E-state index contributed by atoms with van der Waals surface area (Å²) in [5.41, 5.74) is 0.666. The van der Waals surface area contributed by atoms with E-state index in [-0.39, 0.29) is 12.1 Å². The molecule has 1 fully saturated rings. The summed E-state index contributed by atoms with van der Waals surface area (Å²) in [6, 6.07) is 8.21. The van der Waals surface area contributed by atoms with Gasteiger partial charge in [0, 0.05) is 17.2 Å². The SMILES string of the molecule is CC(C)(C)OC(=O)N1CCC[C@@H]1c1ncc(-c2ccc(Br)cc2)s1. The Kier molecular flexibility index (Phi) is 4.97. The van der Waals surface area contributed by atoms with E-state index in [1.165, 1.54) is 0 Å². The van der Waals surface area contributed by atoms with Gasteiger partial charge in [0.15, 0.2) is 0 Å². The molecule has 0 saturated carbocycles. The lowest BCUT2D eigenvalue weighted by atomic mass is 10.2. The number of likely N-dealkylation sites (tertiary alicyclic amines) is 1. The minimum atomic E-state index is -0.477. The van der Waals surface area contributed by atoms with Gasteiger partial charge in [-0.2, -0.15) is 0 Å². The molecule has 6 heteroatoms. The normalized spacial score (nSPS) is 18.0. The number of halogens is 1. The third-order valence-electron chi connectivity index (χ3n) is 3.82. The first-order valence-corrected chi connectivity index (χ1v) is 9.66. The van der Waals surface area contributed by atoms with Gasteiger partial charge in [0.2, 0.25) is 0 Å². The Morgan fingerprint density at radius 1 is 1.33 bits per heavy atom. The van der Waals surface area contributed by atoms with E-state index in [1.54, 1.807) is 11.3 Å². The maximum Gasteiger partial charge on any atom is 0.410 e. The summed E-state index contributed by atoms with van der Waals surface area (Å²) in [7, 11) is 0. The highest BCUT2D eigenvalue weighted by Gasteiger charge is 2.34. The molecular weight excluding hydrogens is 388 g/mol. The summed E-state index contributed by atoms with van der Waals surface area (Å²) < 4.78 is 6.59. The quantitative estimate of drug-likeness (QED) is 0.644. The zero-order chi connectivity index (χ0) is 17.3. The van der Waals surface area contributed by atoms with Crippen molar-refractivity contribution in [2.24, 2.45) is 0 Å². The van der Waals surface area contributed by atoms with Crippen LogP contribution >= 0.6 is 27.3 Å². The number of nitrogens with zero attached hydrogens (tertiary/aromatic N) is 2. The average molecular weight is 409 g/mol. The second-order valence-corrected chi connectivity index (χ2v) is 8.88. The van der Waals surface area contributed by atoms with E-state index in [1.807, 2.05) is 44.0 Å². The monoisotopic (exact) mass is 408 g/mol. The van der Waals surface area contributed by atoms with E-state index in [9.17, 15) is 4.79 Å². The van der Waals surface area contributed by atoms with Gasteiger partial charge < -0.3 is 4.74 Å². The lowest BCUT2D eigenvalue weighted by molar-refractivity contribution is 0.0224. The van der Waals surface area contributed by atoms with Gasteiger partial charge in [-0.25, -0.2) is 9.78 Å². The maximum atomic E-state index is 12.4. The van der Waals surface area contributed by atoms with Crippen LogP contribution in [0.1, 0.15) is 44.7 Å². The molecule has 128 valence electrons. The number of carbonyl (C=O) groups excluding carboxylic acids is 1. The first-order valence-electron chi connectivity index (χ1n) is 8.05. The number of hydrogen-bond acceptors (Lipinski definition) is 4. The van der Waals surface area contributed by atoms with Gasteiger partial charge in [-0.15, -0.1) is 11.3 Å². The minimum Gasteiger partial charge on any atom is -0.444 e. The van der Waals surface area contributed by atoms with Crippen molar-refractivity contribution in [3.63, 3.8) is 0 Å². The van der Waals surface area contributed by atoms with Crippen LogP contribution in [0.3, 0.4) is 0 Å². The maximum absolute atomic E-state index is 12.4. The molecule has 0 N–H and O–H groups in total. The molecule has 2 heterocycles. The number of amides is 1. The van der Waals surface area contributed by atoms with Crippen molar-refractivity contribution in [3.8, 4) is 10.4 Å². The van der Waals surface area contributed by atoms with Crippen LogP contribution in [0.15, 0.2) is 34.9 Å². The van der Waals surface area contributed by atoms with Crippen molar-refractivity contribution in [1.82, 2.24) is 9.88 Å². The predicted octanol–water partition coefficient (Wildman–Crippen LogP) is 5.64. The topological polar surface area (TPSA) is 42.4 Å². The summed E-state index contributed by atoms with van der Waals surface area (Å²) in [5, 5.41) is 0.983. The third kappa shape index (κ3) is 3.98. The minimum absolute atomic E-state index is 0.0223. The van der Waals surface area contributed by atoms with Gasteiger partial charge in [0.25, 0.3) is 0 Å². The Labute approximate surface area is 155 Å². The fourth-order valence-electron chi connectivity index (χ4n) is 2.75. The molecule has 0 bridgehead atoms. The molecule has 0 unspecified atom stereocenters. The van der Waals surface area contributed by atoms with E-state index in [0.29, 0.717) is 0 Å². The van der Waals surface area contributed by atoms with Crippen LogP contribution in [0, 0.1) is 0 Å². The molecule has 1 aromatic heterocycles. The van der Waals surface area contributed by atoms with Crippen molar-refractivity contribution in [2.45, 2.75) is 45.3 Å². The molecule has 1 aliphatic heterocycles. The predicted molar refractivity (Wildman–Crippen MR) is 100 cm³/mol. The summed E-state index contributed by atoms with van der Waals surface area (Å²) in [4.78, 5) is 20.0. The first kappa shape index (κ1) is 17.4. The van der Waals surface area contributed by atoms with Crippen molar-refractivity contribution in [1.29, 1.82) is 0 Å². The van der Waals surface area contributed by atoms with Gasteiger partial charge in [-0.3, -0.25) is 4.90 Å². The molecule has 0 aliphatic carbocycles. The Morgan fingerprint density at radius 3 is 2.71 bits per heavy atom. The lowest BCUT2D eigenvalue weighted by Gasteiger charge is -2.27. The number of benzene rings is 1. The van der Waals surface area contributed by atoms with E-state index in [4.69, 9.17) is 4.74 Å². The van der Waals surface area contributed by atoms with Crippen molar-refractivity contribution >= 4 is 33.4 Å². The zero-order valence-corrected chi connectivity index (χ0v) is 16.5. The Morgan fingerprint density at radius 2 is 2.04 bits per heavy atom. The van der Waals surface area contributed by atoms with Crippen molar-refractivity contribution in [2.75, 3.05) is 6.54 Å². The fourth-order valence-corrected chi connectivity index (χ4v) is 4.09. The average Bonchev–Trinajstić information content (AvgIpc) is 3.15. The van der Waals surface area contributed by atoms with E-state index < -0.39 is 5.60 Å². The highest BCUT2D eigenvalue weighted by atomic mass is 79.9. The van der Waals surface area contributed by atoms with E-state index in [2.05, 4.69) is 33.0 Å². The van der Waals surface area contributed by atoms with Crippen molar-refractivity contribution < 1.29 is 9.53 Å². The summed E-state index contributed by atoms with van der Waals surface area (Å²) in [5.74, 6) is 0. The number of thiazole rings is 1. The number of hydrogen-bond donors (Lipinski definition) is 0. The van der Waals surface area contributed by atoms with Gasteiger partial charge >= 0.3 is 6.09 Å². The highest BCUT2D eigenvalue weighted by Crippen LogP contribution is 2.38. The van der Waals surface area contributed by atoms with Crippen LogP contribution < -0.4 is 0 Å². The molecule has 1 aliphatic rings. The number of rotatable bonds is 2. The highest BCUT2D eigenvalue weighted by molar-refractivity contribution is 9.10. The van der Waals surface area contributed by atoms with Gasteiger partial charge in [0.1, 0.15) is 10.6 Å². The van der Waals surface area contributed by atoms with Crippen LogP contribution in [0.5, 0.6) is 0 Å². The largest absolute Gasteiger partial charge is 0.444 e. The molecule has 4 nitrogen and oxygen atoms in total. The summed E-state index contributed by atoms with van der Waals surface area (Å²) in [6.45, 7) is 6.41. The Hall–Kier alpha value is -1.40. The van der Waals surface area contributed by atoms with Crippen LogP contribution in [0.2, 0.25) is 0 Å². The molecule has 0 spiro atoms. The molecule has 1 atom stereocenters. The lowest BCUT2D eigenvalue weighted by Crippen LogP contribution is -2.36. The van der Waals surface area contributed by atoms with Crippen LogP contribution in [0.4, 0.5) is 4.79 Å². The number of carbonyl (C=O) groups is 1. The zero-order valence-electron chi connectivity index (χ0n) is 14.1. The second kappa shape index (κ2) is 6.84. The number of aromatic nitrogens is 1. The molecule has 24 heavy (non-hydrogen) atoms. The Balaban J connectivity index is 1.78. The molecule has 1 amide bonds. The van der Waals surface area contributed by atoms with Gasteiger partial charge in [-0.1, -0.05) is 28.1 Å². The van der Waals surface area contributed by atoms with E-state index in [0.717, 1.165) is 39.3 Å².